The van der Waals surface area contributed by atoms with Crippen LogP contribution in [0, 0.1) is 5.92 Å². The fourth-order valence-corrected chi connectivity index (χ4v) is 2.52. The normalized spacial score (nSPS) is 20.4. The summed E-state index contributed by atoms with van der Waals surface area (Å²) >= 11 is 0. The van der Waals surface area contributed by atoms with Crippen LogP contribution in [-0.4, -0.2) is 36.3 Å². The predicted octanol–water partition coefficient (Wildman–Crippen LogP) is 2.03. The summed E-state index contributed by atoms with van der Waals surface area (Å²) in [6.07, 6.45) is 0.987. The number of esters is 1. The lowest BCUT2D eigenvalue weighted by molar-refractivity contribution is -0.151. The van der Waals surface area contributed by atoms with Gasteiger partial charge in [-0.3, -0.25) is 14.5 Å². The van der Waals surface area contributed by atoms with E-state index in [9.17, 15) is 9.59 Å². The Morgan fingerprint density at radius 2 is 2.05 bits per heavy atom. The van der Waals surface area contributed by atoms with E-state index in [1.54, 1.807) is 6.92 Å². The highest BCUT2D eigenvalue weighted by atomic mass is 16.5. The van der Waals surface area contributed by atoms with Crippen LogP contribution in [0.25, 0.3) is 0 Å². The first-order chi connectivity index (χ1) is 9.70. The van der Waals surface area contributed by atoms with E-state index in [4.69, 9.17) is 4.74 Å². The van der Waals surface area contributed by atoms with Crippen molar-refractivity contribution < 1.29 is 14.3 Å². The second-order valence-electron chi connectivity index (χ2n) is 5.07. The summed E-state index contributed by atoms with van der Waals surface area (Å²) in [5.41, 5.74) is 1.23. The molecule has 4 nitrogen and oxygen atoms in total. The highest BCUT2D eigenvalue weighted by Crippen LogP contribution is 2.17. The van der Waals surface area contributed by atoms with Crippen molar-refractivity contribution in [1.82, 2.24) is 4.90 Å². The molecule has 1 unspecified atom stereocenters. The van der Waals surface area contributed by atoms with Crippen molar-refractivity contribution in [3.05, 3.63) is 35.9 Å². The van der Waals surface area contributed by atoms with Crippen molar-refractivity contribution in [2.24, 2.45) is 5.92 Å². The molecule has 0 aliphatic carbocycles. The standard InChI is InChI=1S/C16H21NO3/c1-2-20-16(19)14-8-10-17(11-9-15(14)18)12-13-6-4-3-5-7-13/h3-7,14H,2,8-12H2,1H3. The molecule has 1 saturated heterocycles. The Hall–Kier alpha value is -1.68. The monoisotopic (exact) mass is 275 g/mol. The van der Waals surface area contributed by atoms with Crippen molar-refractivity contribution in [2.75, 3.05) is 19.7 Å². The summed E-state index contributed by atoms with van der Waals surface area (Å²) in [6.45, 7) is 4.38. The van der Waals surface area contributed by atoms with Gasteiger partial charge >= 0.3 is 5.97 Å². The number of hydrogen-bond acceptors (Lipinski definition) is 4. The Kier molecular flexibility index (Phi) is 5.30. The van der Waals surface area contributed by atoms with E-state index >= 15 is 0 Å². The topological polar surface area (TPSA) is 46.6 Å². The zero-order valence-electron chi connectivity index (χ0n) is 11.9. The van der Waals surface area contributed by atoms with Gasteiger partial charge in [0.2, 0.25) is 0 Å². The molecular weight excluding hydrogens is 254 g/mol. The Balaban J connectivity index is 1.94. The summed E-state index contributed by atoms with van der Waals surface area (Å²) < 4.78 is 4.98. The van der Waals surface area contributed by atoms with E-state index in [1.807, 2.05) is 18.2 Å². The molecule has 1 aliphatic heterocycles. The quantitative estimate of drug-likeness (QED) is 0.623. The molecule has 20 heavy (non-hydrogen) atoms. The maximum atomic E-state index is 12.0. The smallest absolute Gasteiger partial charge is 0.316 e. The number of benzene rings is 1. The zero-order chi connectivity index (χ0) is 14.4. The van der Waals surface area contributed by atoms with Crippen LogP contribution in [0.15, 0.2) is 30.3 Å². The first kappa shape index (κ1) is 14.7. The second-order valence-corrected chi connectivity index (χ2v) is 5.07. The largest absolute Gasteiger partial charge is 0.465 e. The molecule has 0 amide bonds. The number of rotatable bonds is 4. The van der Waals surface area contributed by atoms with Crippen LogP contribution in [0.3, 0.4) is 0 Å². The van der Waals surface area contributed by atoms with Gasteiger partial charge in [0.1, 0.15) is 11.7 Å². The summed E-state index contributed by atoms with van der Waals surface area (Å²) in [5.74, 6) is -0.922. The van der Waals surface area contributed by atoms with Crippen LogP contribution in [0.4, 0.5) is 0 Å². The van der Waals surface area contributed by atoms with Gasteiger partial charge < -0.3 is 4.74 Å². The van der Waals surface area contributed by atoms with E-state index in [-0.39, 0.29) is 11.8 Å². The van der Waals surface area contributed by atoms with E-state index in [2.05, 4.69) is 17.0 Å². The number of carbonyl (C=O) groups excluding carboxylic acids is 2. The van der Waals surface area contributed by atoms with Crippen LogP contribution in [0.2, 0.25) is 0 Å². The molecule has 1 fully saturated rings. The van der Waals surface area contributed by atoms with Crippen LogP contribution >= 0.6 is 0 Å². The molecule has 2 rings (SSSR count). The number of nitrogens with zero attached hydrogens (tertiary/aromatic N) is 1. The van der Waals surface area contributed by atoms with Crippen LogP contribution in [0.5, 0.6) is 0 Å². The molecule has 0 radical (unpaired) electrons. The third-order valence-corrected chi connectivity index (χ3v) is 3.62. The Morgan fingerprint density at radius 1 is 1.30 bits per heavy atom. The number of carbonyl (C=O) groups is 2. The highest BCUT2D eigenvalue weighted by molar-refractivity contribution is 5.99. The average molecular weight is 275 g/mol. The van der Waals surface area contributed by atoms with Crippen LogP contribution in [0.1, 0.15) is 25.3 Å². The van der Waals surface area contributed by atoms with Gasteiger partial charge in [-0.25, -0.2) is 0 Å². The molecule has 0 saturated carbocycles. The van der Waals surface area contributed by atoms with Gasteiger partial charge in [-0.15, -0.1) is 0 Å². The summed E-state index contributed by atoms with van der Waals surface area (Å²) in [5, 5.41) is 0. The van der Waals surface area contributed by atoms with Gasteiger partial charge in [0.05, 0.1) is 6.61 Å². The third kappa shape index (κ3) is 3.90. The molecule has 0 spiro atoms. The minimum Gasteiger partial charge on any atom is -0.465 e. The first-order valence-corrected chi connectivity index (χ1v) is 7.16. The third-order valence-electron chi connectivity index (χ3n) is 3.62. The maximum Gasteiger partial charge on any atom is 0.316 e. The average Bonchev–Trinajstić information content (AvgIpc) is 2.63. The van der Waals surface area contributed by atoms with E-state index in [0.29, 0.717) is 26.0 Å². The summed E-state index contributed by atoms with van der Waals surface area (Å²) in [4.78, 5) is 26.0. The van der Waals surface area contributed by atoms with Crippen molar-refractivity contribution in [3.8, 4) is 0 Å². The van der Waals surface area contributed by atoms with E-state index in [1.165, 1.54) is 5.56 Å². The first-order valence-electron chi connectivity index (χ1n) is 7.16. The molecule has 1 heterocycles. The number of ether oxygens (including phenoxy) is 1. The van der Waals surface area contributed by atoms with E-state index in [0.717, 1.165) is 13.1 Å². The van der Waals surface area contributed by atoms with E-state index < -0.39 is 5.92 Å². The summed E-state index contributed by atoms with van der Waals surface area (Å²) in [7, 11) is 0. The van der Waals surface area contributed by atoms with Crippen molar-refractivity contribution in [1.29, 1.82) is 0 Å². The lowest BCUT2D eigenvalue weighted by Crippen LogP contribution is -2.26. The van der Waals surface area contributed by atoms with Crippen LogP contribution < -0.4 is 0 Å². The van der Waals surface area contributed by atoms with Gasteiger partial charge in [0.15, 0.2) is 0 Å². The minimum atomic E-state index is -0.573. The Labute approximate surface area is 119 Å². The van der Waals surface area contributed by atoms with Crippen molar-refractivity contribution >= 4 is 11.8 Å². The Bertz CT molecular complexity index is 458. The molecule has 0 aromatic heterocycles. The highest BCUT2D eigenvalue weighted by Gasteiger charge is 2.30. The number of ketones is 1. The summed E-state index contributed by atoms with van der Waals surface area (Å²) in [6, 6.07) is 10.2. The van der Waals surface area contributed by atoms with Gasteiger partial charge in [-0.05, 0) is 25.5 Å². The molecular formula is C16H21NO3. The molecule has 108 valence electrons. The van der Waals surface area contributed by atoms with Crippen molar-refractivity contribution in [3.63, 3.8) is 0 Å². The molecule has 1 aliphatic rings. The van der Waals surface area contributed by atoms with Crippen molar-refractivity contribution in [2.45, 2.75) is 26.3 Å². The lowest BCUT2D eigenvalue weighted by atomic mass is 10.00. The molecule has 0 bridgehead atoms. The Morgan fingerprint density at radius 3 is 2.75 bits per heavy atom. The predicted molar refractivity (Wildman–Crippen MR) is 76.1 cm³/mol. The van der Waals surface area contributed by atoms with Gasteiger partial charge in [-0.2, -0.15) is 0 Å². The van der Waals surface area contributed by atoms with Gasteiger partial charge in [-0.1, -0.05) is 30.3 Å². The minimum absolute atomic E-state index is 0.0130. The number of likely N-dealkylation sites (tertiary alicyclic amines) is 1. The van der Waals surface area contributed by atoms with Gasteiger partial charge in [0.25, 0.3) is 0 Å². The number of hydrogen-bond donors (Lipinski definition) is 0. The zero-order valence-corrected chi connectivity index (χ0v) is 11.9. The van der Waals surface area contributed by atoms with Gasteiger partial charge in [0, 0.05) is 19.5 Å². The molecule has 1 aromatic rings. The molecule has 4 heteroatoms. The number of Topliss-reactive ketones (excluding diaryl/α,β-unsaturated/α-hetero) is 1. The fraction of sp³-hybridized carbons (Fsp3) is 0.500. The fourth-order valence-electron chi connectivity index (χ4n) is 2.52. The van der Waals surface area contributed by atoms with Crippen LogP contribution in [-0.2, 0) is 20.9 Å². The molecule has 0 N–H and O–H groups in total. The lowest BCUT2D eigenvalue weighted by Gasteiger charge is -2.19. The molecule has 1 aromatic carbocycles. The maximum absolute atomic E-state index is 12.0. The SMILES string of the molecule is CCOC(=O)C1CCN(Cc2ccccc2)CCC1=O. The molecule has 1 atom stereocenters. The second kappa shape index (κ2) is 7.20.